The number of anilines is 1. The van der Waals surface area contributed by atoms with Crippen LogP contribution in [-0.2, 0) is 0 Å². The Morgan fingerprint density at radius 1 is 1.58 bits per heavy atom. The normalized spacial score (nSPS) is 20.8. The molecule has 2 rings (SSSR count). The van der Waals surface area contributed by atoms with Crippen molar-refractivity contribution in [3.63, 3.8) is 0 Å². The summed E-state index contributed by atoms with van der Waals surface area (Å²) in [6, 6.07) is 3.73. The van der Waals surface area contributed by atoms with E-state index in [1.54, 1.807) is 0 Å². The number of halogens is 1. The largest absolute Gasteiger partial charge is 0.377 e. The van der Waals surface area contributed by atoms with Crippen molar-refractivity contribution in [3.05, 3.63) is 34.1 Å². The predicted octanol–water partition coefficient (Wildman–Crippen LogP) is 2.53. The molecule has 0 amide bonds. The third kappa shape index (κ3) is 3.41. The van der Waals surface area contributed by atoms with Crippen LogP contribution >= 0.6 is 0 Å². The second kappa shape index (κ2) is 5.97. The number of nitrogens with zero attached hydrogens (tertiary/aromatic N) is 1. The molecule has 0 radical (unpaired) electrons. The van der Waals surface area contributed by atoms with Crippen molar-refractivity contribution in [2.24, 2.45) is 5.92 Å². The van der Waals surface area contributed by atoms with Gasteiger partial charge in [0, 0.05) is 6.04 Å². The van der Waals surface area contributed by atoms with Gasteiger partial charge in [-0.2, -0.15) is 0 Å². The van der Waals surface area contributed by atoms with Crippen LogP contribution in [0.3, 0.4) is 0 Å². The van der Waals surface area contributed by atoms with Gasteiger partial charge >= 0.3 is 0 Å². The SMILES string of the molecule is CC(Nc1ccc(F)cc1[N+](=O)[O-])C1CCCNC1. The van der Waals surface area contributed by atoms with Crippen LogP contribution < -0.4 is 10.6 Å². The van der Waals surface area contributed by atoms with E-state index in [2.05, 4.69) is 10.6 Å². The van der Waals surface area contributed by atoms with E-state index in [9.17, 15) is 14.5 Å². The van der Waals surface area contributed by atoms with Gasteiger partial charge in [-0.05, 0) is 50.9 Å². The maximum absolute atomic E-state index is 13.1. The molecule has 2 atom stereocenters. The molecule has 5 nitrogen and oxygen atoms in total. The highest BCUT2D eigenvalue weighted by molar-refractivity contribution is 5.61. The zero-order valence-electron chi connectivity index (χ0n) is 10.9. The van der Waals surface area contributed by atoms with E-state index in [0.29, 0.717) is 11.6 Å². The van der Waals surface area contributed by atoms with E-state index in [1.165, 1.54) is 12.1 Å². The number of rotatable bonds is 4. The third-order valence-electron chi connectivity index (χ3n) is 3.58. The highest BCUT2D eigenvalue weighted by Gasteiger charge is 2.22. The number of nitro benzene ring substituents is 1. The van der Waals surface area contributed by atoms with Crippen LogP contribution in [0.25, 0.3) is 0 Å². The molecule has 19 heavy (non-hydrogen) atoms. The van der Waals surface area contributed by atoms with Gasteiger partial charge in [-0.25, -0.2) is 4.39 Å². The molecule has 0 saturated carbocycles. The maximum atomic E-state index is 13.1. The number of benzene rings is 1. The minimum Gasteiger partial charge on any atom is -0.377 e. The van der Waals surface area contributed by atoms with E-state index in [0.717, 1.165) is 32.0 Å². The average molecular weight is 267 g/mol. The molecule has 1 fully saturated rings. The Morgan fingerprint density at radius 2 is 2.37 bits per heavy atom. The van der Waals surface area contributed by atoms with Gasteiger partial charge in [0.15, 0.2) is 0 Å². The Kier molecular flexibility index (Phi) is 4.31. The number of nitrogens with one attached hydrogen (secondary N) is 2. The quantitative estimate of drug-likeness (QED) is 0.650. The van der Waals surface area contributed by atoms with Crippen LogP contribution in [0, 0.1) is 21.8 Å². The fourth-order valence-electron chi connectivity index (χ4n) is 2.45. The molecule has 1 aliphatic heterocycles. The molecule has 2 N–H and O–H groups in total. The third-order valence-corrected chi connectivity index (χ3v) is 3.58. The smallest absolute Gasteiger partial charge is 0.295 e. The molecule has 0 spiro atoms. The zero-order chi connectivity index (χ0) is 13.8. The first-order valence-electron chi connectivity index (χ1n) is 6.49. The van der Waals surface area contributed by atoms with Gasteiger partial charge in [-0.3, -0.25) is 10.1 Å². The van der Waals surface area contributed by atoms with Crippen LogP contribution in [-0.4, -0.2) is 24.1 Å². The molecule has 1 aliphatic rings. The summed E-state index contributed by atoms with van der Waals surface area (Å²) in [5.74, 6) is -0.164. The van der Waals surface area contributed by atoms with Gasteiger partial charge in [0.1, 0.15) is 11.5 Å². The van der Waals surface area contributed by atoms with Crippen molar-refractivity contribution in [2.75, 3.05) is 18.4 Å². The van der Waals surface area contributed by atoms with Gasteiger partial charge in [0.25, 0.3) is 5.69 Å². The summed E-state index contributed by atoms with van der Waals surface area (Å²) in [6.45, 7) is 3.94. The highest BCUT2D eigenvalue weighted by Crippen LogP contribution is 2.27. The van der Waals surface area contributed by atoms with Crippen molar-refractivity contribution < 1.29 is 9.31 Å². The molecule has 6 heteroatoms. The summed E-state index contributed by atoms with van der Waals surface area (Å²) in [5, 5.41) is 17.4. The molecule has 1 heterocycles. The lowest BCUT2D eigenvalue weighted by Gasteiger charge is -2.29. The second-order valence-corrected chi connectivity index (χ2v) is 4.96. The Labute approximate surface area is 111 Å². The van der Waals surface area contributed by atoms with Crippen molar-refractivity contribution in [2.45, 2.75) is 25.8 Å². The predicted molar refractivity (Wildman–Crippen MR) is 71.7 cm³/mol. The van der Waals surface area contributed by atoms with Gasteiger partial charge < -0.3 is 10.6 Å². The Bertz CT molecular complexity index is 461. The van der Waals surface area contributed by atoms with Crippen LogP contribution in [0.2, 0.25) is 0 Å². The van der Waals surface area contributed by atoms with E-state index < -0.39 is 10.7 Å². The Hall–Kier alpha value is -1.69. The molecular weight excluding hydrogens is 249 g/mol. The monoisotopic (exact) mass is 267 g/mol. The lowest BCUT2D eigenvalue weighted by atomic mass is 9.92. The summed E-state index contributed by atoms with van der Waals surface area (Å²) in [6.07, 6.45) is 2.21. The van der Waals surface area contributed by atoms with E-state index >= 15 is 0 Å². The van der Waals surface area contributed by atoms with Gasteiger partial charge in [-0.15, -0.1) is 0 Å². The summed E-state index contributed by atoms with van der Waals surface area (Å²) >= 11 is 0. The molecule has 0 aromatic heterocycles. The van der Waals surface area contributed by atoms with Crippen molar-refractivity contribution >= 4 is 11.4 Å². The first-order chi connectivity index (χ1) is 9.08. The second-order valence-electron chi connectivity index (χ2n) is 4.96. The maximum Gasteiger partial charge on any atom is 0.295 e. The Balaban J connectivity index is 2.11. The summed E-state index contributed by atoms with van der Waals surface area (Å²) in [7, 11) is 0. The standard InChI is InChI=1S/C13H18FN3O2/c1-9(10-3-2-6-15-8-10)16-12-5-4-11(14)7-13(12)17(18)19/h4-5,7,9-10,15-16H,2-3,6,8H2,1H3. The fourth-order valence-corrected chi connectivity index (χ4v) is 2.45. The van der Waals surface area contributed by atoms with Gasteiger partial charge in [0.05, 0.1) is 11.0 Å². The molecule has 1 aromatic rings. The molecule has 2 unspecified atom stereocenters. The van der Waals surface area contributed by atoms with Crippen LogP contribution in [0.5, 0.6) is 0 Å². The van der Waals surface area contributed by atoms with Crippen molar-refractivity contribution in [3.8, 4) is 0 Å². The van der Waals surface area contributed by atoms with Crippen molar-refractivity contribution in [1.29, 1.82) is 0 Å². The number of piperidine rings is 1. The lowest BCUT2D eigenvalue weighted by Crippen LogP contribution is -2.38. The summed E-state index contributed by atoms with van der Waals surface area (Å²) in [5.41, 5.74) is 0.167. The van der Waals surface area contributed by atoms with Crippen molar-refractivity contribution in [1.82, 2.24) is 5.32 Å². The molecule has 0 aliphatic carbocycles. The number of nitro groups is 1. The topological polar surface area (TPSA) is 67.2 Å². The van der Waals surface area contributed by atoms with Gasteiger partial charge in [-0.1, -0.05) is 0 Å². The molecule has 1 aromatic carbocycles. The van der Waals surface area contributed by atoms with Crippen LogP contribution in [0.4, 0.5) is 15.8 Å². The van der Waals surface area contributed by atoms with Crippen LogP contribution in [0.15, 0.2) is 18.2 Å². The summed E-state index contributed by atoms with van der Waals surface area (Å²) in [4.78, 5) is 10.4. The minimum atomic E-state index is -0.593. The Morgan fingerprint density at radius 3 is 3.00 bits per heavy atom. The van der Waals surface area contributed by atoms with Gasteiger partial charge in [0.2, 0.25) is 0 Å². The minimum absolute atomic E-state index is 0.108. The highest BCUT2D eigenvalue weighted by atomic mass is 19.1. The molecule has 104 valence electrons. The van der Waals surface area contributed by atoms with E-state index in [-0.39, 0.29) is 11.7 Å². The molecule has 0 bridgehead atoms. The summed E-state index contributed by atoms with van der Waals surface area (Å²) < 4.78 is 13.1. The average Bonchev–Trinajstić information content (AvgIpc) is 2.41. The molecule has 1 saturated heterocycles. The number of hydrogen-bond donors (Lipinski definition) is 2. The zero-order valence-corrected chi connectivity index (χ0v) is 10.9. The fraction of sp³-hybridized carbons (Fsp3) is 0.538. The first-order valence-corrected chi connectivity index (χ1v) is 6.49. The lowest BCUT2D eigenvalue weighted by molar-refractivity contribution is -0.384. The van der Waals surface area contributed by atoms with E-state index in [1.807, 2.05) is 6.92 Å². The molecular formula is C13H18FN3O2. The number of hydrogen-bond acceptors (Lipinski definition) is 4. The van der Waals surface area contributed by atoms with E-state index in [4.69, 9.17) is 0 Å². The first kappa shape index (κ1) is 13.7. The van der Waals surface area contributed by atoms with Crippen LogP contribution in [0.1, 0.15) is 19.8 Å².